The highest BCUT2D eigenvalue weighted by molar-refractivity contribution is 9.10. The molecule has 0 aliphatic heterocycles. The van der Waals surface area contributed by atoms with Crippen molar-refractivity contribution in [2.45, 2.75) is 0 Å². The van der Waals surface area contributed by atoms with Gasteiger partial charge in [0.2, 0.25) is 0 Å². The van der Waals surface area contributed by atoms with Crippen LogP contribution in [0.5, 0.6) is 0 Å². The molecule has 2 aromatic rings. The van der Waals surface area contributed by atoms with Crippen molar-refractivity contribution >= 4 is 38.7 Å². The molecule has 0 fully saturated rings. The number of rotatable bonds is 2. The number of aldehydes is 1. The van der Waals surface area contributed by atoms with Crippen molar-refractivity contribution in [3.63, 3.8) is 0 Å². The van der Waals surface area contributed by atoms with E-state index in [1.54, 1.807) is 0 Å². The second kappa shape index (κ2) is 4.12. The number of halogens is 1. The molecule has 0 aliphatic rings. The van der Waals surface area contributed by atoms with Crippen LogP contribution in [0.3, 0.4) is 0 Å². The maximum absolute atomic E-state index is 10.8. The molecule has 76 valence electrons. The number of nitrogens with zero attached hydrogens (tertiary/aromatic N) is 1. The number of benzene rings is 1. The molecular formula is C10H7BrN2OS. The van der Waals surface area contributed by atoms with Gasteiger partial charge in [0.05, 0.1) is 10.6 Å². The molecular weight excluding hydrogens is 276 g/mol. The molecule has 0 atom stereocenters. The van der Waals surface area contributed by atoms with E-state index in [0.29, 0.717) is 15.7 Å². The number of nitrogen functional groups attached to an aromatic ring is 1. The lowest BCUT2D eigenvalue weighted by Crippen LogP contribution is -1.84. The minimum Gasteiger partial charge on any atom is -0.375 e. The highest BCUT2D eigenvalue weighted by Gasteiger charge is 2.10. The minimum atomic E-state index is 0.412. The first-order valence-corrected chi connectivity index (χ1v) is 5.79. The Morgan fingerprint density at radius 2 is 2.00 bits per heavy atom. The Hall–Kier alpha value is -1.20. The van der Waals surface area contributed by atoms with Crippen LogP contribution in [0.25, 0.3) is 11.3 Å². The monoisotopic (exact) mass is 282 g/mol. The molecule has 0 bridgehead atoms. The van der Waals surface area contributed by atoms with Crippen LogP contribution in [0.15, 0.2) is 28.7 Å². The lowest BCUT2D eigenvalue weighted by molar-refractivity contribution is 0.112. The third-order valence-electron chi connectivity index (χ3n) is 1.89. The molecule has 0 aliphatic carbocycles. The number of hydrogen-bond acceptors (Lipinski definition) is 4. The van der Waals surface area contributed by atoms with Crippen LogP contribution in [0, 0.1) is 0 Å². The Kier molecular flexibility index (Phi) is 2.83. The van der Waals surface area contributed by atoms with E-state index in [1.165, 1.54) is 11.3 Å². The fraction of sp³-hybridized carbons (Fsp3) is 0. The lowest BCUT2D eigenvalue weighted by Gasteiger charge is -1.97. The van der Waals surface area contributed by atoms with Gasteiger partial charge in [-0.1, -0.05) is 39.4 Å². The smallest absolute Gasteiger partial charge is 0.181 e. The molecule has 0 radical (unpaired) electrons. The highest BCUT2D eigenvalue weighted by Crippen LogP contribution is 2.28. The van der Waals surface area contributed by atoms with Crippen LogP contribution in [0.2, 0.25) is 0 Å². The summed E-state index contributed by atoms with van der Waals surface area (Å²) in [4.78, 5) is 15.5. The van der Waals surface area contributed by atoms with Crippen molar-refractivity contribution in [3.8, 4) is 11.3 Å². The van der Waals surface area contributed by atoms with Gasteiger partial charge in [0.15, 0.2) is 11.4 Å². The predicted octanol–water partition coefficient (Wildman–Crippen LogP) is 2.97. The summed E-state index contributed by atoms with van der Waals surface area (Å²) < 4.78 is 0.988. The summed E-state index contributed by atoms with van der Waals surface area (Å²) in [5.41, 5.74) is 7.11. The largest absolute Gasteiger partial charge is 0.375 e. The van der Waals surface area contributed by atoms with E-state index in [4.69, 9.17) is 5.73 Å². The van der Waals surface area contributed by atoms with Crippen molar-refractivity contribution in [1.82, 2.24) is 4.98 Å². The maximum Gasteiger partial charge on any atom is 0.181 e. The van der Waals surface area contributed by atoms with Crippen LogP contribution < -0.4 is 5.73 Å². The molecule has 1 heterocycles. The molecule has 0 spiro atoms. The molecule has 1 aromatic heterocycles. The standard InChI is InChI=1S/C10H7BrN2OS/c11-7-3-1-6(2-4-7)9-8(5-14)15-10(12)13-9/h1-5H,(H2,12,13). The van der Waals surface area contributed by atoms with Gasteiger partial charge in [-0.15, -0.1) is 0 Å². The molecule has 5 heteroatoms. The van der Waals surface area contributed by atoms with Crippen molar-refractivity contribution < 1.29 is 4.79 Å². The summed E-state index contributed by atoms with van der Waals surface area (Å²) in [5, 5.41) is 0.412. The number of carbonyl (C=O) groups is 1. The molecule has 2 rings (SSSR count). The zero-order valence-corrected chi connectivity index (χ0v) is 10.0. The van der Waals surface area contributed by atoms with Crippen LogP contribution in [0.4, 0.5) is 5.13 Å². The Morgan fingerprint density at radius 3 is 2.60 bits per heavy atom. The molecule has 3 nitrogen and oxygen atoms in total. The highest BCUT2D eigenvalue weighted by atomic mass is 79.9. The summed E-state index contributed by atoms with van der Waals surface area (Å²) in [6, 6.07) is 7.59. The zero-order chi connectivity index (χ0) is 10.8. The number of anilines is 1. The summed E-state index contributed by atoms with van der Waals surface area (Å²) in [7, 11) is 0. The SMILES string of the molecule is Nc1nc(-c2ccc(Br)cc2)c(C=O)s1. The first kappa shape index (κ1) is 10.3. The Bertz CT molecular complexity index is 493. The van der Waals surface area contributed by atoms with Crippen LogP contribution >= 0.6 is 27.3 Å². The van der Waals surface area contributed by atoms with E-state index in [-0.39, 0.29) is 0 Å². The fourth-order valence-electron chi connectivity index (χ4n) is 1.24. The summed E-state index contributed by atoms with van der Waals surface area (Å²) in [6.45, 7) is 0. The van der Waals surface area contributed by atoms with Gasteiger partial charge in [0.25, 0.3) is 0 Å². The predicted molar refractivity (Wildman–Crippen MR) is 65.0 cm³/mol. The van der Waals surface area contributed by atoms with Gasteiger partial charge in [0.1, 0.15) is 0 Å². The molecule has 1 aromatic carbocycles. The van der Waals surface area contributed by atoms with E-state index < -0.39 is 0 Å². The van der Waals surface area contributed by atoms with Gasteiger partial charge in [-0.05, 0) is 12.1 Å². The summed E-state index contributed by atoms with van der Waals surface area (Å²) in [5.74, 6) is 0. The third-order valence-corrected chi connectivity index (χ3v) is 3.23. The Balaban J connectivity index is 2.52. The third kappa shape index (κ3) is 2.08. The van der Waals surface area contributed by atoms with Crippen molar-refractivity contribution in [3.05, 3.63) is 33.6 Å². The lowest BCUT2D eigenvalue weighted by atomic mass is 10.1. The first-order valence-electron chi connectivity index (χ1n) is 4.18. The number of nitrogens with two attached hydrogens (primary N) is 1. The average Bonchev–Trinajstić information content (AvgIpc) is 2.61. The Morgan fingerprint density at radius 1 is 1.33 bits per heavy atom. The number of thiazole rings is 1. The van der Waals surface area contributed by atoms with E-state index in [0.717, 1.165) is 16.3 Å². The normalized spacial score (nSPS) is 10.2. The van der Waals surface area contributed by atoms with Crippen molar-refractivity contribution in [2.24, 2.45) is 0 Å². The zero-order valence-electron chi connectivity index (χ0n) is 7.61. The molecule has 2 N–H and O–H groups in total. The topological polar surface area (TPSA) is 56.0 Å². The number of aromatic nitrogens is 1. The van der Waals surface area contributed by atoms with Crippen LogP contribution in [-0.2, 0) is 0 Å². The van der Waals surface area contributed by atoms with Gasteiger partial charge in [-0.2, -0.15) is 0 Å². The van der Waals surface area contributed by atoms with Crippen LogP contribution in [-0.4, -0.2) is 11.3 Å². The van der Waals surface area contributed by atoms with Gasteiger partial charge >= 0.3 is 0 Å². The van der Waals surface area contributed by atoms with E-state index in [2.05, 4.69) is 20.9 Å². The van der Waals surface area contributed by atoms with Crippen molar-refractivity contribution in [2.75, 3.05) is 5.73 Å². The van der Waals surface area contributed by atoms with E-state index >= 15 is 0 Å². The maximum atomic E-state index is 10.8. The van der Waals surface area contributed by atoms with Crippen molar-refractivity contribution in [1.29, 1.82) is 0 Å². The summed E-state index contributed by atoms with van der Waals surface area (Å²) >= 11 is 4.55. The number of carbonyl (C=O) groups excluding carboxylic acids is 1. The summed E-state index contributed by atoms with van der Waals surface area (Å²) in [6.07, 6.45) is 0.783. The van der Waals surface area contributed by atoms with Gasteiger partial charge < -0.3 is 5.73 Å². The van der Waals surface area contributed by atoms with Crippen LogP contribution in [0.1, 0.15) is 9.67 Å². The quantitative estimate of drug-likeness (QED) is 0.862. The van der Waals surface area contributed by atoms with Gasteiger partial charge in [-0.25, -0.2) is 4.98 Å². The van der Waals surface area contributed by atoms with E-state index in [1.807, 2.05) is 24.3 Å². The Labute approximate surface area is 99.1 Å². The van der Waals surface area contributed by atoms with Gasteiger partial charge in [-0.3, -0.25) is 4.79 Å². The molecule has 0 amide bonds. The average molecular weight is 283 g/mol. The fourth-order valence-corrected chi connectivity index (χ4v) is 2.18. The second-order valence-electron chi connectivity index (χ2n) is 2.89. The first-order chi connectivity index (χ1) is 7.20. The minimum absolute atomic E-state index is 0.412. The molecule has 0 unspecified atom stereocenters. The second-order valence-corrected chi connectivity index (χ2v) is 4.87. The molecule has 0 saturated heterocycles. The molecule has 15 heavy (non-hydrogen) atoms. The number of hydrogen-bond donors (Lipinski definition) is 1. The van der Waals surface area contributed by atoms with Gasteiger partial charge in [0, 0.05) is 10.0 Å². The van der Waals surface area contributed by atoms with E-state index in [9.17, 15) is 4.79 Å². The molecule has 0 saturated carbocycles.